The molecule has 3 nitrogen and oxygen atoms in total. The summed E-state index contributed by atoms with van der Waals surface area (Å²) in [6.07, 6.45) is 1.85. The van der Waals surface area contributed by atoms with Crippen LogP contribution in [0.1, 0.15) is 28.8 Å². The van der Waals surface area contributed by atoms with Crippen molar-refractivity contribution < 1.29 is 9.53 Å². The van der Waals surface area contributed by atoms with Crippen molar-refractivity contribution in [3.8, 4) is 16.9 Å². The van der Waals surface area contributed by atoms with Gasteiger partial charge in [-0.05, 0) is 66.9 Å². The molecule has 4 rings (SSSR count). The maximum atomic E-state index is 12.8. The van der Waals surface area contributed by atoms with Crippen LogP contribution in [-0.4, -0.2) is 30.9 Å². The fourth-order valence-corrected chi connectivity index (χ4v) is 4.04. The van der Waals surface area contributed by atoms with E-state index in [1.54, 1.807) is 7.11 Å². The number of hydrogen-bond donors (Lipinski definition) is 0. The van der Waals surface area contributed by atoms with Crippen molar-refractivity contribution in [2.75, 3.05) is 20.2 Å². The van der Waals surface area contributed by atoms with Gasteiger partial charge in [-0.3, -0.25) is 9.69 Å². The zero-order valence-corrected chi connectivity index (χ0v) is 16.9. The number of rotatable bonds is 6. The van der Waals surface area contributed by atoms with Crippen molar-refractivity contribution in [3.63, 3.8) is 0 Å². The van der Waals surface area contributed by atoms with Crippen LogP contribution in [0.2, 0.25) is 0 Å². The van der Waals surface area contributed by atoms with Gasteiger partial charge in [0.1, 0.15) is 5.75 Å². The van der Waals surface area contributed by atoms with Crippen LogP contribution in [0.4, 0.5) is 0 Å². The average Bonchev–Trinajstić information content (AvgIpc) is 2.80. The summed E-state index contributed by atoms with van der Waals surface area (Å²) in [5.41, 5.74) is 4.61. The Morgan fingerprint density at radius 1 is 0.862 bits per heavy atom. The van der Waals surface area contributed by atoms with Crippen LogP contribution in [0, 0.1) is 5.92 Å². The number of carbonyl (C=O) groups is 1. The minimum Gasteiger partial charge on any atom is -0.497 e. The van der Waals surface area contributed by atoms with Crippen LogP contribution in [-0.2, 0) is 6.54 Å². The summed E-state index contributed by atoms with van der Waals surface area (Å²) in [5, 5.41) is 0. The van der Waals surface area contributed by atoms with E-state index in [0.717, 1.165) is 43.8 Å². The lowest BCUT2D eigenvalue weighted by Gasteiger charge is -2.31. The van der Waals surface area contributed by atoms with Gasteiger partial charge < -0.3 is 4.74 Å². The Labute approximate surface area is 172 Å². The van der Waals surface area contributed by atoms with Crippen LogP contribution < -0.4 is 4.74 Å². The summed E-state index contributed by atoms with van der Waals surface area (Å²) in [6, 6.07) is 26.8. The first kappa shape index (κ1) is 19.4. The van der Waals surface area contributed by atoms with Gasteiger partial charge >= 0.3 is 0 Å². The molecule has 1 aliphatic rings. The van der Waals surface area contributed by atoms with Crippen molar-refractivity contribution >= 4 is 5.78 Å². The summed E-state index contributed by atoms with van der Waals surface area (Å²) >= 11 is 0. The highest BCUT2D eigenvalue weighted by Gasteiger charge is 2.25. The van der Waals surface area contributed by atoms with Crippen molar-refractivity contribution in [3.05, 3.63) is 90.0 Å². The smallest absolute Gasteiger partial charge is 0.166 e. The molecule has 0 atom stereocenters. The van der Waals surface area contributed by atoms with Gasteiger partial charge in [-0.2, -0.15) is 0 Å². The maximum absolute atomic E-state index is 12.8. The summed E-state index contributed by atoms with van der Waals surface area (Å²) in [6.45, 7) is 2.87. The Bertz CT molecular complexity index is 925. The van der Waals surface area contributed by atoms with E-state index in [-0.39, 0.29) is 11.7 Å². The first-order valence-electron chi connectivity index (χ1n) is 10.3. The second kappa shape index (κ2) is 9.06. The van der Waals surface area contributed by atoms with Gasteiger partial charge in [0.2, 0.25) is 0 Å². The van der Waals surface area contributed by atoms with E-state index in [2.05, 4.69) is 53.4 Å². The monoisotopic (exact) mass is 385 g/mol. The Morgan fingerprint density at radius 2 is 1.48 bits per heavy atom. The number of ketones is 1. The molecule has 1 aliphatic heterocycles. The summed E-state index contributed by atoms with van der Waals surface area (Å²) in [4.78, 5) is 15.2. The molecular formula is C26H27NO2. The summed E-state index contributed by atoms with van der Waals surface area (Å²) in [7, 11) is 1.64. The third-order valence-corrected chi connectivity index (χ3v) is 5.80. The Balaban J connectivity index is 1.31. The van der Waals surface area contributed by atoms with E-state index >= 15 is 0 Å². The van der Waals surface area contributed by atoms with Crippen molar-refractivity contribution in [1.82, 2.24) is 4.90 Å². The van der Waals surface area contributed by atoms with Gasteiger partial charge in [0.25, 0.3) is 0 Å². The fraction of sp³-hybridized carbons (Fsp3) is 0.269. The zero-order valence-electron chi connectivity index (χ0n) is 16.9. The summed E-state index contributed by atoms with van der Waals surface area (Å²) < 4.78 is 5.18. The molecule has 29 heavy (non-hydrogen) atoms. The van der Waals surface area contributed by atoms with E-state index in [1.807, 2.05) is 30.3 Å². The molecule has 3 heteroatoms. The third kappa shape index (κ3) is 4.75. The first-order valence-corrected chi connectivity index (χ1v) is 10.3. The van der Waals surface area contributed by atoms with Crippen LogP contribution >= 0.6 is 0 Å². The molecule has 0 radical (unpaired) electrons. The van der Waals surface area contributed by atoms with E-state index in [0.29, 0.717) is 0 Å². The second-order valence-electron chi connectivity index (χ2n) is 7.71. The van der Waals surface area contributed by atoms with E-state index < -0.39 is 0 Å². The van der Waals surface area contributed by atoms with Crippen molar-refractivity contribution in [2.24, 2.45) is 5.92 Å². The highest BCUT2D eigenvalue weighted by molar-refractivity contribution is 5.98. The predicted molar refractivity (Wildman–Crippen MR) is 117 cm³/mol. The number of piperidine rings is 1. The third-order valence-electron chi connectivity index (χ3n) is 5.80. The topological polar surface area (TPSA) is 29.5 Å². The van der Waals surface area contributed by atoms with Crippen LogP contribution in [0.15, 0.2) is 78.9 Å². The molecule has 0 spiro atoms. The number of hydrogen-bond acceptors (Lipinski definition) is 3. The molecule has 3 aromatic rings. The highest BCUT2D eigenvalue weighted by Crippen LogP contribution is 2.25. The zero-order chi connectivity index (χ0) is 20.1. The lowest BCUT2D eigenvalue weighted by Crippen LogP contribution is -2.35. The molecule has 1 fully saturated rings. The number of ether oxygens (including phenoxy) is 1. The molecule has 0 bridgehead atoms. The lowest BCUT2D eigenvalue weighted by atomic mass is 9.88. The number of nitrogens with zero attached hydrogens (tertiary/aromatic N) is 1. The van der Waals surface area contributed by atoms with Crippen LogP contribution in [0.3, 0.4) is 0 Å². The largest absolute Gasteiger partial charge is 0.497 e. The van der Waals surface area contributed by atoms with Gasteiger partial charge in [-0.15, -0.1) is 0 Å². The quantitative estimate of drug-likeness (QED) is 0.528. The number of Topliss-reactive ketones (excluding diaryl/α,β-unsaturated/α-hetero) is 1. The molecule has 0 N–H and O–H groups in total. The van der Waals surface area contributed by atoms with E-state index in [1.165, 1.54) is 16.7 Å². The van der Waals surface area contributed by atoms with Gasteiger partial charge in [0.15, 0.2) is 5.78 Å². The van der Waals surface area contributed by atoms with Gasteiger partial charge in [-0.25, -0.2) is 0 Å². The fourth-order valence-electron chi connectivity index (χ4n) is 4.04. The minimum absolute atomic E-state index is 0.125. The molecule has 148 valence electrons. The Kier molecular flexibility index (Phi) is 6.06. The second-order valence-corrected chi connectivity index (χ2v) is 7.71. The number of likely N-dealkylation sites (tertiary alicyclic amines) is 1. The van der Waals surface area contributed by atoms with Gasteiger partial charge in [-0.1, -0.05) is 54.6 Å². The highest BCUT2D eigenvalue weighted by atomic mass is 16.5. The SMILES string of the molecule is COc1ccc(C(=O)C2CCN(Cc3ccc(-c4ccccc4)cc3)CC2)cc1. The average molecular weight is 386 g/mol. The number of benzene rings is 3. The first-order chi connectivity index (χ1) is 14.2. The molecule has 1 saturated heterocycles. The molecule has 0 saturated carbocycles. The maximum Gasteiger partial charge on any atom is 0.166 e. The summed E-state index contributed by atoms with van der Waals surface area (Å²) in [5.74, 6) is 1.18. The van der Waals surface area contributed by atoms with Gasteiger partial charge in [0, 0.05) is 18.0 Å². The number of methoxy groups -OCH3 is 1. The molecule has 0 amide bonds. The van der Waals surface area contributed by atoms with E-state index in [4.69, 9.17) is 4.74 Å². The normalized spacial score (nSPS) is 15.2. The Morgan fingerprint density at radius 3 is 2.10 bits per heavy atom. The van der Waals surface area contributed by atoms with Crippen molar-refractivity contribution in [2.45, 2.75) is 19.4 Å². The molecular weight excluding hydrogens is 358 g/mol. The molecule has 3 aromatic carbocycles. The molecule has 0 aromatic heterocycles. The number of carbonyl (C=O) groups excluding carboxylic acids is 1. The van der Waals surface area contributed by atoms with E-state index in [9.17, 15) is 4.79 Å². The Hall–Kier alpha value is -2.91. The van der Waals surface area contributed by atoms with Crippen LogP contribution in [0.5, 0.6) is 5.75 Å². The van der Waals surface area contributed by atoms with Gasteiger partial charge in [0.05, 0.1) is 7.11 Å². The molecule has 0 aliphatic carbocycles. The predicted octanol–water partition coefficient (Wildman–Crippen LogP) is 5.46. The van der Waals surface area contributed by atoms with Crippen molar-refractivity contribution in [1.29, 1.82) is 0 Å². The lowest BCUT2D eigenvalue weighted by molar-refractivity contribution is 0.0835. The molecule has 0 unspecified atom stereocenters. The molecule has 1 heterocycles. The minimum atomic E-state index is 0.125. The standard InChI is InChI=1S/C26H27NO2/c1-29-25-13-11-23(12-14-25)26(28)24-15-17-27(18-16-24)19-20-7-9-22(10-8-20)21-5-3-2-4-6-21/h2-14,24H,15-19H2,1H3. The van der Waals surface area contributed by atoms with Crippen LogP contribution in [0.25, 0.3) is 11.1 Å².